The maximum atomic E-state index is 13.1. The minimum Gasteiger partial charge on any atom is -0.272 e. The van der Waals surface area contributed by atoms with Gasteiger partial charge in [-0.2, -0.15) is 15.6 Å². The third kappa shape index (κ3) is 3.34. The van der Waals surface area contributed by atoms with Crippen molar-refractivity contribution < 1.29 is 4.79 Å². The number of hydrogen-bond acceptors (Lipinski definition) is 4. The first kappa shape index (κ1) is 17.4. The molecule has 0 aliphatic carbocycles. The number of carbonyl (C=O) groups is 1. The van der Waals surface area contributed by atoms with Gasteiger partial charge in [-0.05, 0) is 18.1 Å². The van der Waals surface area contributed by atoms with Gasteiger partial charge in [-0.1, -0.05) is 60.7 Å². The summed E-state index contributed by atoms with van der Waals surface area (Å²) in [4.78, 5) is 13.1. The molecule has 0 saturated carbocycles. The normalized spacial score (nSPS) is 17.5. The molecule has 0 saturated heterocycles. The lowest BCUT2D eigenvalue weighted by molar-refractivity contribution is -0.133. The van der Waals surface area contributed by atoms with Gasteiger partial charge in [0.05, 0.1) is 24.6 Å². The van der Waals surface area contributed by atoms with Crippen molar-refractivity contribution in [3.05, 3.63) is 71.8 Å². The van der Waals surface area contributed by atoms with Crippen molar-refractivity contribution in [1.29, 1.82) is 10.5 Å². The van der Waals surface area contributed by atoms with E-state index in [0.717, 1.165) is 11.1 Å². The molecule has 5 heteroatoms. The van der Waals surface area contributed by atoms with Gasteiger partial charge < -0.3 is 0 Å². The summed E-state index contributed by atoms with van der Waals surface area (Å²) in [5.74, 6) is -2.24. The zero-order valence-corrected chi connectivity index (χ0v) is 14.4. The number of nitriles is 2. The quantitative estimate of drug-likeness (QED) is 0.834. The van der Waals surface area contributed by atoms with Crippen LogP contribution in [0.2, 0.25) is 0 Å². The Kier molecular flexibility index (Phi) is 5.10. The summed E-state index contributed by atoms with van der Waals surface area (Å²) in [7, 11) is 0. The second-order valence-corrected chi connectivity index (χ2v) is 6.27. The first-order chi connectivity index (χ1) is 12.7. The van der Waals surface area contributed by atoms with Gasteiger partial charge in [0.15, 0.2) is 0 Å². The molecular weight excluding hydrogens is 324 g/mol. The number of hydrogen-bond donors (Lipinski definition) is 0. The van der Waals surface area contributed by atoms with Crippen molar-refractivity contribution in [2.45, 2.75) is 19.4 Å². The Hall–Kier alpha value is -3.44. The largest absolute Gasteiger partial charge is 0.272 e. The molecule has 0 N–H and O–H groups in total. The lowest BCUT2D eigenvalue weighted by Gasteiger charge is -2.24. The van der Waals surface area contributed by atoms with Crippen molar-refractivity contribution >= 4 is 11.6 Å². The fourth-order valence-electron chi connectivity index (χ4n) is 3.37. The molecule has 2 aromatic carbocycles. The Balaban J connectivity index is 1.93. The van der Waals surface area contributed by atoms with E-state index in [1.807, 2.05) is 72.8 Å². The van der Waals surface area contributed by atoms with Gasteiger partial charge in [-0.25, -0.2) is 5.01 Å². The fraction of sp³-hybridized carbons (Fsp3) is 0.238. The van der Waals surface area contributed by atoms with Crippen LogP contribution in [-0.2, 0) is 11.3 Å². The second-order valence-electron chi connectivity index (χ2n) is 6.27. The van der Waals surface area contributed by atoms with Crippen molar-refractivity contribution in [3.8, 4) is 12.1 Å². The molecule has 0 spiro atoms. The summed E-state index contributed by atoms with van der Waals surface area (Å²) in [5, 5.41) is 24.8. The van der Waals surface area contributed by atoms with E-state index in [0.29, 0.717) is 12.3 Å². The molecule has 5 nitrogen and oxygen atoms in total. The summed E-state index contributed by atoms with van der Waals surface area (Å²) < 4.78 is 0. The molecule has 1 aliphatic heterocycles. The number of carbonyl (C=O) groups excluding carboxylic acids is 1. The van der Waals surface area contributed by atoms with Crippen LogP contribution in [0.3, 0.4) is 0 Å². The topological polar surface area (TPSA) is 80.2 Å². The fourth-order valence-corrected chi connectivity index (χ4v) is 3.37. The molecule has 1 heterocycles. The van der Waals surface area contributed by atoms with Crippen LogP contribution in [0, 0.1) is 34.5 Å². The standard InChI is InChI=1S/C21H18N4O/c1-15-19(20(18(12-22)13-23)17-10-6-3-7-11-17)21(26)25(24-15)14-16-8-4-2-5-9-16/h2-11,18-20H,14H2,1H3/t19-,20-/m1/s1. The van der Waals surface area contributed by atoms with E-state index in [9.17, 15) is 15.3 Å². The highest BCUT2D eigenvalue weighted by Gasteiger charge is 2.43. The Morgan fingerprint density at radius 1 is 1.04 bits per heavy atom. The number of benzene rings is 2. The van der Waals surface area contributed by atoms with Crippen LogP contribution < -0.4 is 0 Å². The van der Waals surface area contributed by atoms with Crippen LogP contribution in [0.5, 0.6) is 0 Å². The van der Waals surface area contributed by atoms with E-state index in [1.54, 1.807) is 6.92 Å². The Morgan fingerprint density at radius 2 is 1.62 bits per heavy atom. The average Bonchev–Trinajstić information content (AvgIpc) is 2.94. The SMILES string of the molecule is CC1=NN(Cc2ccccc2)C(=O)[C@H]1[C@H](c1ccccc1)C(C#N)C#N. The van der Waals surface area contributed by atoms with Gasteiger partial charge >= 0.3 is 0 Å². The molecule has 0 radical (unpaired) electrons. The number of rotatable bonds is 5. The van der Waals surface area contributed by atoms with Gasteiger partial charge in [0.25, 0.3) is 5.91 Å². The molecule has 0 unspecified atom stereocenters. The molecule has 0 bridgehead atoms. The summed E-state index contributed by atoms with van der Waals surface area (Å²) in [6.07, 6.45) is 0. The Morgan fingerprint density at radius 3 is 2.19 bits per heavy atom. The highest BCUT2D eigenvalue weighted by Crippen LogP contribution is 2.37. The highest BCUT2D eigenvalue weighted by atomic mass is 16.2. The van der Waals surface area contributed by atoms with Crippen LogP contribution >= 0.6 is 0 Å². The summed E-state index contributed by atoms with van der Waals surface area (Å²) in [5.41, 5.74) is 2.41. The number of hydrazone groups is 1. The van der Waals surface area contributed by atoms with Gasteiger partial charge in [-0.3, -0.25) is 4.79 Å². The smallest absolute Gasteiger partial charge is 0.252 e. The van der Waals surface area contributed by atoms with Gasteiger partial charge in [0.2, 0.25) is 0 Å². The maximum Gasteiger partial charge on any atom is 0.252 e. The highest BCUT2D eigenvalue weighted by molar-refractivity contribution is 6.07. The van der Waals surface area contributed by atoms with Crippen LogP contribution in [0.4, 0.5) is 0 Å². The van der Waals surface area contributed by atoms with E-state index in [4.69, 9.17) is 0 Å². The van der Waals surface area contributed by atoms with E-state index in [2.05, 4.69) is 5.10 Å². The van der Waals surface area contributed by atoms with Crippen LogP contribution in [0.15, 0.2) is 65.8 Å². The van der Waals surface area contributed by atoms with Gasteiger partial charge in [-0.15, -0.1) is 0 Å². The third-order valence-electron chi connectivity index (χ3n) is 4.61. The van der Waals surface area contributed by atoms with Crippen molar-refractivity contribution in [3.63, 3.8) is 0 Å². The third-order valence-corrected chi connectivity index (χ3v) is 4.61. The summed E-state index contributed by atoms with van der Waals surface area (Å²) >= 11 is 0. The van der Waals surface area contributed by atoms with E-state index >= 15 is 0 Å². The zero-order valence-electron chi connectivity index (χ0n) is 14.4. The Labute approximate surface area is 152 Å². The molecule has 0 aromatic heterocycles. The van der Waals surface area contributed by atoms with Crippen molar-refractivity contribution in [2.75, 3.05) is 0 Å². The van der Waals surface area contributed by atoms with Crippen molar-refractivity contribution in [2.24, 2.45) is 16.9 Å². The second kappa shape index (κ2) is 7.63. The molecule has 0 fully saturated rings. The molecule has 2 atom stereocenters. The van der Waals surface area contributed by atoms with Gasteiger partial charge in [0, 0.05) is 11.6 Å². The monoisotopic (exact) mass is 342 g/mol. The minimum absolute atomic E-state index is 0.171. The molecular formula is C21H18N4O. The lowest BCUT2D eigenvalue weighted by atomic mass is 9.76. The lowest BCUT2D eigenvalue weighted by Crippen LogP contribution is -2.34. The van der Waals surface area contributed by atoms with E-state index < -0.39 is 17.8 Å². The maximum absolute atomic E-state index is 13.1. The molecule has 26 heavy (non-hydrogen) atoms. The van der Waals surface area contributed by atoms with Crippen LogP contribution in [-0.4, -0.2) is 16.6 Å². The number of amides is 1. The summed E-state index contributed by atoms with van der Waals surface area (Å²) in [6.45, 7) is 2.16. The van der Waals surface area contributed by atoms with Crippen molar-refractivity contribution in [1.82, 2.24) is 5.01 Å². The van der Waals surface area contributed by atoms with Crippen LogP contribution in [0.25, 0.3) is 0 Å². The minimum atomic E-state index is -0.923. The van der Waals surface area contributed by atoms with Crippen LogP contribution in [0.1, 0.15) is 24.0 Å². The molecule has 1 aliphatic rings. The first-order valence-electron chi connectivity index (χ1n) is 8.40. The number of nitrogens with zero attached hydrogens (tertiary/aromatic N) is 4. The van der Waals surface area contributed by atoms with Gasteiger partial charge in [0.1, 0.15) is 5.92 Å². The molecule has 3 rings (SSSR count). The first-order valence-corrected chi connectivity index (χ1v) is 8.40. The van der Waals surface area contributed by atoms with E-state index in [1.165, 1.54) is 5.01 Å². The molecule has 2 aromatic rings. The average molecular weight is 342 g/mol. The zero-order chi connectivity index (χ0) is 18.5. The predicted octanol–water partition coefficient (Wildman–Crippen LogP) is 3.47. The molecule has 1 amide bonds. The summed E-state index contributed by atoms with van der Waals surface area (Å²) in [6, 6.07) is 23.0. The Bertz CT molecular complexity index is 879. The predicted molar refractivity (Wildman–Crippen MR) is 97.5 cm³/mol. The molecule has 128 valence electrons. The van der Waals surface area contributed by atoms with E-state index in [-0.39, 0.29) is 5.91 Å².